The number of hydrogen-bond acceptors (Lipinski definition) is 3. The van der Waals surface area contributed by atoms with E-state index >= 15 is 0 Å². The highest BCUT2D eigenvalue weighted by molar-refractivity contribution is 9.10. The van der Waals surface area contributed by atoms with Crippen molar-refractivity contribution in [2.24, 2.45) is 0 Å². The largest absolute Gasteiger partial charge is 0.383 e. The molecule has 0 atom stereocenters. The summed E-state index contributed by atoms with van der Waals surface area (Å²) in [5, 5.41) is 0. The number of carbonyl (C=O) groups is 1. The SMILES string of the molecule is COCCN(Cc1ccncc1)C(=O)c1cccc(Br)c1. The normalized spacial score (nSPS) is 10.4. The number of pyridine rings is 1. The highest BCUT2D eigenvalue weighted by Crippen LogP contribution is 2.15. The van der Waals surface area contributed by atoms with Crippen LogP contribution in [0.1, 0.15) is 15.9 Å². The summed E-state index contributed by atoms with van der Waals surface area (Å²) in [5.41, 5.74) is 1.71. The summed E-state index contributed by atoms with van der Waals surface area (Å²) >= 11 is 3.40. The molecule has 2 rings (SSSR count). The van der Waals surface area contributed by atoms with Gasteiger partial charge in [0.15, 0.2) is 0 Å². The molecule has 1 aromatic heterocycles. The van der Waals surface area contributed by atoms with Crippen LogP contribution in [0.2, 0.25) is 0 Å². The van der Waals surface area contributed by atoms with Crippen molar-refractivity contribution in [2.45, 2.75) is 6.54 Å². The van der Waals surface area contributed by atoms with E-state index in [9.17, 15) is 4.79 Å². The van der Waals surface area contributed by atoms with Crippen LogP contribution in [0.4, 0.5) is 0 Å². The maximum Gasteiger partial charge on any atom is 0.254 e. The number of aromatic nitrogens is 1. The third kappa shape index (κ3) is 4.65. The predicted molar refractivity (Wildman–Crippen MR) is 85.0 cm³/mol. The van der Waals surface area contributed by atoms with E-state index in [4.69, 9.17) is 4.74 Å². The van der Waals surface area contributed by atoms with Gasteiger partial charge in [0.05, 0.1) is 6.61 Å². The number of hydrogen-bond donors (Lipinski definition) is 0. The maximum atomic E-state index is 12.6. The topological polar surface area (TPSA) is 42.4 Å². The molecular formula is C16H17BrN2O2. The van der Waals surface area contributed by atoms with Gasteiger partial charge in [-0.25, -0.2) is 0 Å². The zero-order chi connectivity index (χ0) is 15.1. The minimum absolute atomic E-state index is 0.00911. The van der Waals surface area contributed by atoms with Crippen LogP contribution in [-0.4, -0.2) is 36.1 Å². The van der Waals surface area contributed by atoms with E-state index < -0.39 is 0 Å². The van der Waals surface area contributed by atoms with Crippen molar-refractivity contribution >= 4 is 21.8 Å². The molecule has 0 aliphatic heterocycles. The minimum atomic E-state index is -0.00911. The minimum Gasteiger partial charge on any atom is -0.383 e. The molecule has 0 spiro atoms. The Bertz CT molecular complexity index is 590. The molecule has 0 fully saturated rings. The van der Waals surface area contributed by atoms with Crippen LogP contribution in [-0.2, 0) is 11.3 Å². The quantitative estimate of drug-likeness (QED) is 0.805. The van der Waals surface area contributed by atoms with E-state index in [-0.39, 0.29) is 5.91 Å². The number of nitrogens with zero attached hydrogens (tertiary/aromatic N) is 2. The van der Waals surface area contributed by atoms with Gasteiger partial charge in [-0.3, -0.25) is 9.78 Å². The van der Waals surface area contributed by atoms with Crippen LogP contribution in [0, 0.1) is 0 Å². The highest BCUT2D eigenvalue weighted by atomic mass is 79.9. The summed E-state index contributed by atoms with van der Waals surface area (Å²) in [6, 6.07) is 11.2. The number of benzene rings is 1. The second kappa shape index (κ2) is 7.90. The van der Waals surface area contributed by atoms with Gasteiger partial charge >= 0.3 is 0 Å². The van der Waals surface area contributed by atoms with Gasteiger partial charge in [-0.1, -0.05) is 22.0 Å². The summed E-state index contributed by atoms with van der Waals surface area (Å²) in [6.45, 7) is 1.59. The van der Waals surface area contributed by atoms with Gasteiger partial charge in [-0.15, -0.1) is 0 Å². The zero-order valence-electron chi connectivity index (χ0n) is 11.8. The fourth-order valence-electron chi connectivity index (χ4n) is 1.97. The Kier molecular flexibility index (Phi) is 5.90. The van der Waals surface area contributed by atoms with Gasteiger partial charge in [0.1, 0.15) is 0 Å². The summed E-state index contributed by atoms with van der Waals surface area (Å²) in [6.07, 6.45) is 3.46. The number of ether oxygens (including phenoxy) is 1. The first-order chi connectivity index (χ1) is 10.2. The van der Waals surface area contributed by atoms with Gasteiger partial charge in [0, 0.05) is 42.6 Å². The van der Waals surface area contributed by atoms with Crippen molar-refractivity contribution in [3.63, 3.8) is 0 Å². The van der Waals surface area contributed by atoms with Gasteiger partial charge in [0.2, 0.25) is 0 Å². The molecule has 110 valence electrons. The first-order valence-corrected chi connectivity index (χ1v) is 7.42. The molecule has 1 aromatic carbocycles. The number of methoxy groups -OCH3 is 1. The molecule has 0 unspecified atom stereocenters. The molecule has 0 aliphatic rings. The maximum absolute atomic E-state index is 12.6. The van der Waals surface area contributed by atoms with E-state index in [1.165, 1.54) is 0 Å². The van der Waals surface area contributed by atoms with Gasteiger partial charge in [0.25, 0.3) is 5.91 Å². The molecule has 0 N–H and O–H groups in total. The Morgan fingerprint density at radius 3 is 2.71 bits per heavy atom. The molecule has 0 saturated carbocycles. The Labute approximate surface area is 132 Å². The van der Waals surface area contributed by atoms with Crippen molar-refractivity contribution in [3.8, 4) is 0 Å². The average Bonchev–Trinajstić information content (AvgIpc) is 2.51. The summed E-state index contributed by atoms with van der Waals surface area (Å²) < 4.78 is 6.00. The highest BCUT2D eigenvalue weighted by Gasteiger charge is 2.16. The average molecular weight is 349 g/mol. The van der Waals surface area contributed by atoms with Crippen molar-refractivity contribution in [3.05, 3.63) is 64.4 Å². The summed E-state index contributed by atoms with van der Waals surface area (Å²) in [4.78, 5) is 18.4. The van der Waals surface area contributed by atoms with Crippen molar-refractivity contribution in [1.82, 2.24) is 9.88 Å². The van der Waals surface area contributed by atoms with E-state index in [0.717, 1.165) is 10.0 Å². The molecule has 21 heavy (non-hydrogen) atoms. The Morgan fingerprint density at radius 2 is 2.05 bits per heavy atom. The van der Waals surface area contributed by atoms with Crippen LogP contribution in [0.15, 0.2) is 53.3 Å². The molecular weight excluding hydrogens is 332 g/mol. The Hall–Kier alpha value is -1.72. The fourth-order valence-corrected chi connectivity index (χ4v) is 2.37. The van der Waals surface area contributed by atoms with E-state index in [0.29, 0.717) is 25.3 Å². The van der Waals surface area contributed by atoms with Crippen LogP contribution >= 0.6 is 15.9 Å². The second-order valence-electron chi connectivity index (χ2n) is 4.59. The number of amides is 1. The molecule has 4 nitrogen and oxygen atoms in total. The van der Waals surface area contributed by atoms with Crippen LogP contribution in [0.3, 0.4) is 0 Å². The van der Waals surface area contributed by atoms with Gasteiger partial charge < -0.3 is 9.64 Å². The van der Waals surface area contributed by atoms with Crippen LogP contribution in [0.5, 0.6) is 0 Å². The first kappa shape index (κ1) is 15.7. The van der Waals surface area contributed by atoms with E-state index in [2.05, 4.69) is 20.9 Å². The zero-order valence-corrected chi connectivity index (χ0v) is 13.4. The molecule has 1 heterocycles. The lowest BCUT2D eigenvalue weighted by molar-refractivity contribution is 0.0680. The monoisotopic (exact) mass is 348 g/mol. The van der Waals surface area contributed by atoms with Crippen molar-refractivity contribution in [1.29, 1.82) is 0 Å². The first-order valence-electron chi connectivity index (χ1n) is 6.63. The molecule has 1 amide bonds. The predicted octanol–water partition coefficient (Wildman–Crippen LogP) is 3.13. The summed E-state index contributed by atoms with van der Waals surface area (Å²) in [5.74, 6) is -0.00911. The van der Waals surface area contributed by atoms with E-state index in [1.807, 2.05) is 36.4 Å². The Morgan fingerprint density at radius 1 is 1.29 bits per heavy atom. The van der Waals surface area contributed by atoms with Gasteiger partial charge in [-0.2, -0.15) is 0 Å². The van der Waals surface area contributed by atoms with Crippen molar-refractivity contribution < 1.29 is 9.53 Å². The lowest BCUT2D eigenvalue weighted by Gasteiger charge is -2.22. The molecule has 0 bridgehead atoms. The van der Waals surface area contributed by atoms with Gasteiger partial charge in [-0.05, 0) is 35.9 Å². The molecule has 0 radical (unpaired) electrons. The lowest BCUT2D eigenvalue weighted by atomic mass is 10.1. The fraction of sp³-hybridized carbons (Fsp3) is 0.250. The summed E-state index contributed by atoms with van der Waals surface area (Å²) in [7, 11) is 1.63. The van der Waals surface area contributed by atoms with Crippen molar-refractivity contribution in [2.75, 3.05) is 20.3 Å². The smallest absolute Gasteiger partial charge is 0.254 e. The van der Waals surface area contributed by atoms with E-state index in [1.54, 1.807) is 24.4 Å². The number of rotatable bonds is 6. The third-order valence-electron chi connectivity index (χ3n) is 3.05. The lowest BCUT2D eigenvalue weighted by Crippen LogP contribution is -2.33. The Balaban J connectivity index is 2.17. The third-order valence-corrected chi connectivity index (χ3v) is 3.54. The molecule has 2 aromatic rings. The standard InChI is InChI=1S/C16H17BrN2O2/c1-21-10-9-19(12-13-5-7-18-8-6-13)16(20)14-3-2-4-15(17)11-14/h2-8,11H,9-10,12H2,1H3. The van der Waals surface area contributed by atoms with Crippen LogP contribution in [0.25, 0.3) is 0 Å². The molecule has 5 heteroatoms. The van der Waals surface area contributed by atoms with Crippen LogP contribution < -0.4 is 0 Å². The molecule has 0 saturated heterocycles. The molecule has 0 aliphatic carbocycles. The number of halogens is 1. The second-order valence-corrected chi connectivity index (χ2v) is 5.50. The number of carbonyl (C=O) groups excluding carboxylic acids is 1.